The molecule has 0 bridgehead atoms. The van der Waals surface area contributed by atoms with Crippen molar-refractivity contribution >= 4 is 34.6 Å². The number of halogens is 2. The normalized spacial score (nSPS) is 10.0. The Morgan fingerprint density at radius 2 is 1.71 bits per heavy atom. The number of hydrogen-bond donors (Lipinski definition) is 1. The second kappa shape index (κ2) is 8.26. The van der Waals surface area contributed by atoms with Crippen molar-refractivity contribution in [3.8, 4) is 0 Å². The maximum atomic E-state index is 5.77. The zero-order valence-corrected chi connectivity index (χ0v) is 11.3. The van der Waals surface area contributed by atoms with E-state index in [1.807, 2.05) is 18.2 Å². The summed E-state index contributed by atoms with van der Waals surface area (Å²) in [6, 6.07) is 8.25. The van der Waals surface area contributed by atoms with Gasteiger partial charge in [-0.25, -0.2) is 0 Å². The summed E-state index contributed by atoms with van der Waals surface area (Å²) in [4.78, 5) is 2.18. The van der Waals surface area contributed by atoms with Gasteiger partial charge in [0.15, 0.2) is 0 Å². The molecule has 0 fully saturated rings. The van der Waals surface area contributed by atoms with Crippen LogP contribution in [-0.2, 0) is 0 Å². The van der Waals surface area contributed by atoms with Gasteiger partial charge in [-0.2, -0.15) is 0 Å². The molecule has 0 aliphatic rings. The summed E-state index contributed by atoms with van der Waals surface area (Å²) in [5.74, 6) is 1.21. The number of nitrogens with zero attached hydrogens (tertiary/aromatic N) is 1. The van der Waals surface area contributed by atoms with E-state index in [-0.39, 0.29) is 0 Å². The number of anilines is 2. The lowest BCUT2D eigenvalue weighted by Gasteiger charge is -2.23. The molecule has 0 aliphatic carbocycles. The van der Waals surface area contributed by atoms with E-state index < -0.39 is 0 Å². The third kappa shape index (κ3) is 4.88. The van der Waals surface area contributed by atoms with Crippen molar-refractivity contribution in [2.45, 2.75) is 0 Å². The highest BCUT2D eigenvalue weighted by Crippen LogP contribution is 2.18. The van der Waals surface area contributed by atoms with Crippen LogP contribution in [0.5, 0.6) is 0 Å². The van der Waals surface area contributed by atoms with Crippen molar-refractivity contribution in [1.82, 2.24) is 0 Å². The molecular formula is C13H18Cl2N2. The molecule has 0 spiro atoms. The Morgan fingerprint density at radius 3 is 2.18 bits per heavy atom. The molecule has 1 rings (SSSR count). The van der Waals surface area contributed by atoms with Crippen molar-refractivity contribution in [2.75, 3.05) is 41.6 Å². The molecule has 0 unspecified atom stereocenters. The average Bonchev–Trinajstić information content (AvgIpc) is 2.37. The Kier molecular flexibility index (Phi) is 6.90. The highest BCUT2D eigenvalue weighted by molar-refractivity contribution is 6.18. The first-order valence-corrected chi connectivity index (χ1v) is 6.70. The van der Waals surface area contributed by atoms with Gasteiger partial charge in [0.25, 0.3) is 0 Å². The van der Waals surface area contributed by atoms with E-state index in [0.717, 1.165) is 31.0 Å². The molecular weight excluding hydrogens is 255 g/mol. The Bertz CT molecular complexity index is 319. The summed E-state index contributed by atoms with van der Waals surface area (Å²) in [5.41, 5.74) is 2.24. The molecule has 1 aromatic carbocycles. The summed E-state index contributed by atoms with van der Waals surface area (Å²) < 4.78 is 0. The first kappa shape index (κ1) is 14.2. The minimum atomic E-state index is 0.605. The second-order valence-electron chi connectivity index (χ2n) is 3.58. The summed E-state index contributed by atoms with van der Waals surface area (Å²) in [7, 11) is 0. The van der Waals surface area contributed by atoms with Crippen LogP contribution >= 0.6 is 23.2 Å². The number of nitrogens with one attached hydrogen (secondary N) is 1. The molecule has 94 valence electrons. The highest BCUT2D eigenvalue weighted by atomic mass is 35.5. The quantitative estimate of drug-likeness (QED) is 0.575. The molecule has 0 heterocycles. The molecule has 17 heavy (non-hydrogen) atoms. The lowest BCUT2D eigenvalue weighted by atomic mass is 10.2. The fourth-order valence-electron chi connectivity index (χ4n) is 1.55. The molecule has 0 saturated carbocycles. The first-order valence-electron chi connectivity index (χ1n) is 5.63. The number of alkyl halides is 2. The van der Waals surface area contributed by atoms with Crippen LogP contribution in [0.4, 0.5) is 11.4 Å². The van der Waals surface area contributed by atoms with Crippen molar-refractivity contribution in [3.05, 3.63) is 36.9 Å². The summed E-state index contributed by atoms with van der Waals surface area (Å²) in [6.07, 6.45) is 1.83. The van der Waals surface area contributed by atoms with Crippen LogP contribution in [0, 0.1) is 0 Å². The van der Waals surface area contributed by atoms with Crippen LogP contribution in [0.2, 0.25) is 0 Å². The molecule has 0 saturated heterocycles. The molecule has 0 amide bonds. The van der Waals surface area contributed by atoms with Gasteiger partial charge in [0.05, 0.1) is 0 Å². The van der Waals surface area contributed by atoms with Crippen LogP contribution in [0.15, 0.2) is 36.9 Å². The molecule has 2 nitrogen and oxygen atoms in total. The third-order valence-electron chi connectivity index (χ3n) is 2.39. The van der Waals surface area contributed by atoms with E-state index in [4.69, 9.17) is 23.2 Å². The van der Waals surface area contributed by atoms with Gasteiger partial charge < -0.3 is 10.2 Å². The fraction of sp³-hybridized carbons (Fsp3) is 0.385. The van der Waals surface area contributed by atoms with E-state index in [0.29, 0.717) is 11.8 Å². The van der Waals surface area contributed by atoms with E-state index in [9.17, 15) is 0 Å². The van der Waals surface area contributed by atoms with Crippen LogP contribution in [0.3, 0.4) is 0 Å². The van der Waals surface area contributed by atoms with Crippen molar-refractivity contribution < 1.29 is 0 Å². The van der Waals surface area contributed by atoms with Gasteiger partial charge in [0, 0.05) is 42.8 Å². The minimum absolute atomic E-state index is 0.605. The van der Waals surface area contributed by atoms with Gasteiger partial charge in [-0.1, -0.05) is 6.08 Å². The number of hydrogen-bond acceptors (Lipinski definition) is 2. The largest absolute Gasteiger partial charge is 0.382 e. The van der Waals surface area contributed by atoms with Crippen molar-refractivity contribution in [3.63, 3.8) is 0 Å². The van der Waals surface area contributed by atoms with E-state index in [1.54, 1.807) is 0 Å². The second-order valence-corrected chi connectivity index (χ2v) is 4.34. The summed E-state index contributed by atoms with van der Waals surface area (Å²) in [5, 5.41) is 3.24. The average molecular weight is 273 g/mol. The predicted octanol–water partition coefficient (Wildman–Crippen LogP) is 3.57. The van der Waals surface area contributed by atoms with Crippen LogP contribution in [0.1, 0.15) is 0 Å². The van der Waals surface area contributed by atoms with Crippen LogP contribution < -0.4 is 10.2 Å². The van der Waals surface area contributed by atoms with E-state index in [2.05, 4.69) is 28.9 Å². The molecule has 0 atom stereocenters. The Labute approximate surface area is 113 Å². The van der Waals surface area contributed by atoms with Gasteiger partial charge in [0.2, 0.25) is 0 Å². The van der Waals surface area contributed by atoms with Crippen molar-refractivity contribution in [1.29, 1.82) is 0 Å². The predicted molar refractivity (Wildman–Crippen MR) is 78.8 cm³/mol. The van der Waals surface area contributed by atoms with Gasteiger partial charge in [-0.15, -0.1) is 29.8 Å². The van der Waals surface area contributed by atoms with E-state index in [1.165, 1.54) is 0 Å². The fourth-order valence-corrected chi connectivity index (χ4v) is 1.96. The molecule has 0 aromatic heterocycles. The third-order valence-corrected chi connectivity index (χ3v) is 2.73. The summed E-state index contributed by atoms with van der Waals surface area (Å²) in [6.45, 7) is 6.07. The van der Waals surface area contributed by atoms with Gasteiger partial charge in [-0.05, 0) is 24.3 Å². The van der Waals surface area contributed by atoms with Gasteiger partial charge in [0.1, 0.15) is 0 Å². The van der Waals surface area contributed by atoms with E-state index >= 15 is 0 Å². The van der Waals surface area contributed by atoms with Crippen LogP contribution in [-0.4, -0.2) is 31.4 Å². The van der Waals surface area contributed by atoms with Crippen LogP contribution in [0.25, 0.3) is 0 Å². The monoisotopic (exact) mass is 272 g/mol. The molecule has 1 aromatic rings. The Hall–Kier alpha value is -0.860. The SMILES string of the molecule is C=CCNc1ccc(N(CCCl)CCCl)cc1. The highest BCUT2D eigenvalue weighted by Gasteiger charge is 2.04. The number of benzene rings is 1. The van der Waals surface area contributed by atoms with Crippen molar-refractivity contribution in [2.24, 2.45) is 0 Å². The Balaban J connectivity index is 2.65. The Morgan fingerprint density at radius 1 is 1.12 bits per heavy atom. The zero-order chi connectivity index (χ0) is 12.5. The molecule has 4 heteroatoms. The standard InChI is InChI=1S/C13H18Cl2N2/c1-2-9-16-12-3-5-13(6-4-12)17(10-7-14)11-8-15/h2-6,16H,1,7-11H2. The molecule has 0 aliphatic heterocycles. The lowest BCUT2D eigenvalue weighted by Crippen LogP contribution is -2.27. The zero-order valence-electron chi connectivity index (χ0n) is 9.83. The molecule has 1 N–H and O–H groups in total. The first-order chi connectivity index (χ1) is 8.31. The number of rotatable bonds is 8. The summed E-state index contributed by atoms with van der Waals surface area (Å²) >= 11 is 11.5. The molecule has 0 radical (unpaired) electrons. The maximum Gasteiger partial charge on any atom is 0.0399 e. The lowest BCUT2D eigenvalue weighted by molar-refractivity contribution is 0.874. The maximum absolute atomic E-state index is 5.77. The minimum Gasteiger partial charge on any atom is -0.382 e. The van der Waals surface area contributed by atoms with Gasteiger partial charge in [-0.3, -0.25) is 0 Å². The smallest absolute Gasteiger partial charge is 0.0399 e. The topological polar surface area (TPSA) is 15.3 Å². The van der Waals surface area contributed by atoms with Gasteiger partial charge >= 0.3 is 0 Å².